The highest BCUT2D eigenvalue weighted by Gasteiger charge is 2.20. The maximum Gasteiger partial charge on any atom is 0.306 e. The van der Waals surface area contributed by atoms with Crippen LogP contribution >= 0.6 is 0 Å². The molecular formula is C12H15F2NO2. The molecule has 0 aliphatic rings. The van der Waals surface area contributed by atoms with Gasteiger partial charge in [-0.15, -0.1) is 0 Å². The number of hydrogen-bond donors (Lipinski definition) is 1. The van der Waals surface area contributed by atoms with Crippen LogP contribution in [0.25, 0.3) is 0 Å². The van der Waals surface area contributed by atoms with Crippen molar-refractivity contribution in [3.8, 4) is 0 Å². The van der Waals surface area contributed by atoms with Crippen LogP contribution in [0.3, 0.4) is 0 Å². The van der Waals surface area contributed by atoms with E-state index < -0.39 is 23.5 Å². The molecule has 0 heterocycles. The number of aliphatic carboxylic acids is 1. The summed E-state index contributed by atoms with van der Waals surface area (Å²) in [4.78, 5) is 12.2. The Morgan fingerprint density at radius 3 is 2.35 bits per heavy atom. The van der Waals surface area contributed by atoms with Crippen LogP contribution in [0.2, 0.25) is 0 Å². The lowest BCUT2D eigenvalue weighted by molar-refractivity contribution is -0.141. The summed E-state index contributed by atoms with van der Waals surface area (Å²) in [6.07, 6.45) is -0.0353. The highest BCUT2D eigenvalue weighted by molar-refractivity contribution is 5.70. The maximum absolute atomic E-state index is 13.6. The fourth-order valence-corrected chi connectivity index (χ4v) is 1.65. The summed E-state index contributed by atoms with van der Waals surface area (Å²) in [7, 11) is 3.18. The van der Waals surface area contributed by atoms with E-state index in [-0.39, 0.29) is 17.7 Å². The van der Waals surface area contributed by atoms with E-state index in [0.717, 1.165) is 12.1 Å². The minimum Gasteiger partial charge on any atom is -0.481 e. The Labute approximate surface area is 98.7 Å². The number of hydrogen-bond acceptors (Lipinski definition) is 2. The molecule has 1 aromatic rings. The Hall–Kier alpha value is -1.65. The van der Waals surface area contributed by atoms with Gasteiger partial charge in [0.25, 0.3) is 0 Å². The van der Waals surface area contributed by atoms with Gasteiger partial charge < -0.3 is 10.0 Å². The molecule has 17 heavy (non-hydrogen) atoms. The van der Waals surface area contributed by atoms with Crippen molar-refractivity contribution in [2.75, 3.05) is 19.0 Å². The van der Waals surface area contributed by atoms with E-state index >= 15 is 0 Å². The zero-order valence-electron chi connectivity index (χ0n) is 10.00. The Morgan fingerprint density at radius 1 is 1.35 bits per heavy atom. The van der Waals surface area contributed by atoms with Gasteiger partial charge >= 0.3 is 5.97 Å². The maximum atomic E-state index is 13.6. The summed E-state index contributed by atoms with van der Waals surface area (Å²) < 4.78 is 27.2. The van der Waals surface area contributed by atoms with Crippen molar-refractivity contribution in [1.29, 1.82) is 0 Å². The van der Waals surface area contributed by atoms with Gasteiger partial charge in [-0.25, -0.2) is 8.78 Å². The predicted molar refractivity (Wildman–Crippen MR) is 61.2 cm³/mol. The first-order valence-corrected chi connectivity index (χ1v) is 5.21. The monoisotopic (exact) mass is 243 g/mol. The number of benzene rings is 1. The first-order chi connectivity index (χ1) is 7.84. The third kappa shape index (κ3) is 2.93. The third-order valence-corrected chi connectivity index (χ3v) is 2.56. The first-order valence-electron chi connectivity index (χ1n) is 5.21. The standard InChI is InChI=1S/C12H15F2NO2/c1-7(12(16)17)6-8-9(13)4-5-10(14)11(8)15(2)3/h4-5,7H,6H2,1-3H3,(H,16,17). The van der Waals surface area contributed by atoms with E-state index in [2.05, 4.69) is 0 Å². The van der Waals surface area contributed by atoms with Crippen LogP contribution in [0.1, 0.15) is 12.5 Å². The minimum atomic E-state index is -1.03. The molecule has 5 heteroatoms. The largest absolute Gasteiger partial charge is 0.481 e. The van der Waals surface area contributed by atoms with Crippen molar-refractivity contribution in [1.82, 2.24) is 0 Å². The third-order valence-electron chi connectivity index (χ3n) is 2.56. The van der Waals surface area contributed by atoms with Gasteiger partial charge in [0.1, 0.15) is 11.6 Å². The number of carbonyl (C=O) groups is 1. The molecule has 94 valence electrons. The van der Waals surface area contributed by atoms with Crippen LogP contribution in [0, 0.1) is 17.6 Å². The second-order valence-electron chi connectivity index (χ2n) is 4.19. The molecule has 1 rings (SSSR count). The molecule has 0 amide bonds. The molecule has 0 aliphatic heterocycles. The van der Waals surface area contributed by atoms with E-state index in [1.54, 1.807) is 14.1 Å². The first kappa shape index (κ1) is 13.4. The molecule has 0 saturated heterocycles. The average molecular weight is 243 g/mol. The van der Waals surface area contributed by atoms with Crippen molar-refractivity contribution >= 4 is 11.7 Å². The zero-order valence-corrected chi connectivity index (χ0v) is 10.00. The highest BCUT2D eigenvalue weighted by atomic mass is 19.1. The molecule has 1 aromatic carbocycles. The summed E-state index contributed by atoms with van der Waals surface area (Å²) in [5.74, 6) is -2.92. The number of nitrogens with zero attached hydrogens (tertiary/aromatic N) is 1. The van der Waals surface area contributed by atoms with E-state index in [1.165, 1.54) is 11.8 Å². The Kier molecular flexibility index (Phi) is 4.04. The number of rotatable bonds is 4. The molecule has 0 aromatic heterocycles. The van der Waals surface area contributed by atoms with Crippen LogP contribution in [0.15, 0.2) is 12.1 Å². The van der Waals surface area contributed by atoms with Gasteiger partial charge in [-0.2, -0.15) is 0 Å². The van der Waals surface area contributed by atoms with Gasteiger partial charge in [-0.1, -0.05) is 6.92 Å². The molecular weight excluding hydrogens is 228 g/mol. The quantitative estimate of drug-likeness (QED) is 0.882. The van der Waals surface area contributed by atoms with E-state index in [0.29, 0.717) is 0 Å². The summed E-state index contributed by atoms with van der Waals surface area (Å²) in [5.41, 5.74) is 0.211. The van der Waals surface area contributed by atoms with Gasteiger partial charge in [0, 0.05) is 19.7 Å². The summed E-state index contributed by atoms with van der Waals surface area (Å²) in [5, 5.41) is 8.80. The van der Waals surface area contributed by atoms with Crippen molar-refractivity contribution in [3.63, 3.8) is 0 Å². The summed E-state index contributed by atoms with van der Waals surface area (Å²) in [6, 6.07) is 2.06. The second kappa shape index (κ2) is 5.12. The second-order valence-corrected chi connectivity index (χ2v) is 4.19. The molecule has 0 spiro atoms. The number of anilines is 1. The van der Waals surface area contributed by atoms with Crippen molar-refractivity contribution in [2.45, 2.75) is 13.3 Å². The molecule has 0 fully saturated rings. The lowest BCUT2D eigenvalue weighted by Gasteiger charge is -2.20. The van der Waals surface area contributed by atoms with E-state index in [9.17, 15) is 13.6 Å². The molecule has 0 bridgehead atoms. The van der Waals surface area contributed by atoms with Crippen LogP contribution in [0.4, 0.5) is 14.5 Å². The number of carboxylic acids is 1. The molecule has 0 saturated carbocycles. The molecule has 0 aliphatic carbocycles. The Balaban J connectivity index is 3.21. The minimum absolute atomic E-state index is 0.0353. The van der Waals surface area contributed by atoms with Gasteiger partial charge in [-0.05, 0) is 18.6 Å². The van der Waals surface area contributed by atoms with Crippen LogP contribution in [0.5, 0.6) is 0 Å². The molecule has 1 unspecified atom stereocenters. The van der Waals surface area contributed by atoms with Gasteiger partial charge in [0.15, 0.2) is 0 Å². The highest BCUT2D eigenvalue weighted by Crippen LogP contribution is 2.27. The van der Waals surface area contributed by atoms with Crippen LogP contribution in [-0.2, 0) is 11.2 Å². The Bertz CT molecular complexity index is 433. The van der Waals surface area contributed by atoms with E-state index in [4.69, 9.17) is 5.11 Å². The van der Waals surface area contributed by atoms with Gasteiger partial charge in [0.2, 0.25) is 0 Å². The zero-order chi connectivity index (χ0) is 13.2. The van der Waals surface area contributed by atoms with Gasteiger partial charge in [-0.3, -0.25) is 4.79 Å². The lowest BCUT2D eigenvalue weighted by Crippen LogP contribution is -2.19. The predicted octanol–water partition coefficient (Wildman–Crippen LogP) is 2.29. The van der Waals surface area contributed by atoms with Crippen molar-refractivity contribution < 1.29 is 18.7 Å². The van der Waals surface area contributed by atoms with Crippen molar-refractivity contribution in [3.05, 3.63) is 29.3 Å². The molecule has 1 atom stereocenters. The Morgan fingerprint density at radius 2 is 1.88 bits per heavy atom. The SMILES string of the molecule is CC(Cc1c(F)ccc(F)c1N(C)C)C(=O)O. The van der Waals surface area contributed by atoms with E-state index in [1.807, 2.05) is 0 Å². The van der Waals surface area contributed by atoms with Crippen LogP contribution in [-0.4, -0.2) is 25.2 Å². The van der Waals surface area contributed by atoms with Crippen molar-refractivity contribution in [2.24, 2.45) is 5.92 Å². The molecule has 1 N–H and O–H groups in total. The molecule has 3 nitrogen and oxygen atoms in total. The number of halogens is 2. The number of carboxylic acid groups (broad SMARTS) is 1. The summed E-state index contributed by atoms with van der Waals surface area (Å²) >= 11 is 0. The summed E-state index contributed by atoms with van der Waals surface area (Å²) in [6.45, 7) is 1.46. The fraction of sp³-hybridized carbons (Fsp3) is 0.417. The fourth-order valence-electron chi connectivity index (χ4n) is 1.65. The normalized spacial score (nSPS) is 12.3. The molecule has 0 radical (unpaired) electrons. The van der Waals surface area contributed by atoms with Crippen LogP contribution < -0.4 is 4.90 Å². The topological polar surface area (TPSA) is 40.5 Å². The smallest absolute Gasteiger partial charge is 0.306 e. The lowest BCUT2D eigenvalue weighted by atomic mass is 9.98. The van der Waals surface area contributed by atoms with Gasteiger partial charge in [0.05, 0.1) is 11.6 Å². The average Bonchev–Trinajstić information content (AvgIpc) is 2.22.